The zero-order valence-electron chi connectivity index (χ0n) is 13.1. The van der Waals surface area contributed by atoms with Crippen LogP contribution in [0.1, 0.15) is 37.6 Å². The van der Waals surface area contributed by atoms with Gasteiger partial charge in [0.25, 0.3) is 0 Å². The molecular weight excluding hydrogens is 272 g/mol. The predicted octanol–water partition coefficient (Wildman–Crippen LogP) is 3.84. The topological polar surface area (TPSA) is 42.0 Å². The largest absolute Gasteiger partial charge is 0.344 e. The number of carbonyl (C=O) groups is 1. The molecule has 3 heteroatoms. The van der Waals surface area contributed by atoms with Gasteiger partial charge in [-0.3, -0.25) is 9.78 Å². The van der Waals surface area contributed by atoms with Gasteiger partial charge >= 0.3 is 0 Å². The molecule has 0 unspecified atom stereocenters. The molecule has 1 atom stereocenters. The molecule has 1 aromatic heterocycles. The van der Waals surface area contributed by atoms with E-state index in [1.54, 1.807) is 12.3 Å². The maximum Gasteiger partial charge on any atom is 0.244 e. The molecular formula is C19H22N2O. The lowest BCUT2D eigenvalue weighted by Crippen LogP contribution is -2.25. The highest BCUT2D eigenvalue weighted by molar-refractivity contribution is 5.88. The lowest BCUT2D eigenvalue weighted by atomic mass is 10.1. The Morgan fingerprint density at radius 2 is 1.91 bits per heavy atom. The van der Waals surface area contributed by atoms with Gasteiger partial charge < -0.3 is 5.32 Å². The fourth-order valence-electron chi connectivity index (χ4n) is 2.24. The molecule has 0 fully saturated rings. The normalized spacial score (nSPS) is 12.7. The molecule has 0 radical (unpaired) electrons. The highest BCUT2D eigenvalue weighted by atomic mass is 16.1. The second-order valence-corrected chi connectivity index (χ2v) is 5.46. The summed E-state index contributed by atoms with van der Waals surface area (Å²) in [4.78, 5) is 16.3. The van der Waals surface area contributed by atoms with E-state index in [-0.39, 0.29) is 11.9 Å². The number of amides is 1. The maximum atomic E-state index is 12.0. The molecule has 1 amide bonds. The molecule has 3 nitrogen and oxygen atoms in total. The van der Waals surface area contributed by atoms with Crippen molar-refractivity contribution in [3.63, 3.8) is 0 Å². The van der Waals surface area contributed by atoms with E-state index in [0.717, 1.165) is 24.1 Å². The summed E-state index contributed by atoms with van der Waals surface area (Å²) in [6.45, 7) is 3.93. The average Bonchev–Trinajstić information content (AvgIpc) is 2.54. The molecule has 0 spiro atoms. The summed E-state index contributed by atoms with van der Waals surface area (Å²) in [5.41, 5.74) is 3.23. The molecule has 1 aromatic carbocycles. The van der Waals surface area contributed by atoms with Crippen LogP contribution in [0.2, 0.25) is 0 Å². The number of allylic oxidation sites excluding steroid dienone is 1. The zero-order valence-corrected chi connectivity index (χ0v) is 13.1. The first-order valence-corrected chi connectivity index (χ1v) is 7.57. The van der Waals surface area contributed by atoms with Crippen molar-refractivity contribution in [2.24, 2.45) is 0 Å². The van der Waals surface area contributed by atoms with Crippen molar-refractivity contribution in [3.05, 3.63) is 77.6 Å². The van der Waals surface area contributed by atoms with Crippen molar-refractivity contribution in [3.8, 4) is 0 Å². The number of pyridine rings is 1. The second kappa shape index (κ2) is 8.13. The van der Waals surface area contributed by atoms with Crippen LogP contribution in [0, 0.1) is 0 Å². The third kappa shape index (κ3) is 5.17. The van der Waals surface area contributed by atoms with Gasteiger partial charge in [0.15, 0.2) is 0 Å². The van der Waals surface area contributed by atoms with E-state index in [1.807, 2.05) is 50.2 Å². The molecule has 2 aromatic rings. The first-order valence-electron chi connectivity index (χ1n) is 7.57. The Morgan fingerprint density at radius 1 is 1.18 bits per heavy atom. The monoisotopic (exact) mass is 294 g/mol. The third-order valence-corrected chi connectivity index (χ3v) is 3.52. The molecule has 0 aliphatic rings. The Hall–Kier alpha value is -2.42. The van der Waals surface area contributed by atoms with E-state index in [2.05, 4.69) is 22.4 Å². The van der Waals surface area contributed by atoms with Crippen molar-refractivity contribution < 1.29 is 4.79 Å². The molecule has 0 aliphatic heterocycles. The Labute approximate surface area is 132 Å². The van der Waals surface area contributed by atoms with Gasteiger partial charge in [-0.1, -0.05) is 42.0 Å². The highest BCUT2D eigenvalue weighted by Crippen LogP contribution is 2.10. The van der Waals surface area contributed by atoms with Gasteiger partial charge in [0.1, 0.15) is 0 Å². The lowest BCUT2D eigenvalue weighted by Gasteiger charge is -2.12. The fraction of sp³-hybridized carbons (Fsp3) is 0.263. The first-order chi connectivity index (χ1) is 10.6. The summed E-state index contributed by atoms with van der Waals surface area (Å²) < 4.78 is 0. The van der Waals surface area contributed by atoms with Crippen LogP contribution in [0.4, 0.5) is 0 Å². The van der Waals surface area contributed by atoms with Gasteiger partial charge in [0.2, 0.25) is 5.91 Å². The number of aromatic nitrogens is 1. The van der Waals surface area contributed by atoms with Crippen molar-refractivity contribution in [1.82, 2.24) is 10.3 Å². The van der Waals surface area contributed by atoms with E-state index >= 15 is 0 Å². The van der Waals surface area contributed by atoms with E-state index in [9.17, 15) is 4.79 Å². The molecule has 22 heavy (non-hydrogen) atoms. The van der Waals surface area contributed by atoms with Crippen molar-refractivity contribution in [2.45, 2.75) is 32.7 Å². The average molecular weight is 294 g/mol. The SMILES string of the molecule is C/C(=C/C(=O)N[C@H](C)c1ccccn1)CCc1ccccc1. The molecule has 0 bridgehead atoms. The van der Waals surface area contributed by atoms with Crippen LogP contribution in [0.3, 0.4) is 0 Å². The van der Waals surface area contributed by atoms with Gasteiger partial charge in [-0.05, 0) is 44.4 Å². The van der Waals surface area contributed by atoms with E-state index in [1.165, 1.54) is 5.56 Å². The molecule has 0 aliphatic carbocycles. The fourth-order valence-corrected chi connectivity index (χ4v) is 2.24. The van der Waals surface area contributed by atoms with Crippen molar-refractivity contribution in [2.75, 3.05) is 0 Å². The third-order valence-electron chi connectivity index (χ3n) is 3.52. The quantitative estimate of drug-likeness (QED) is 0.823. The van der Waals surface area contributed by atoms with E-state index in [0.29, 0.717) is 0 Å². The first kappa shape index (κ1) is 16.0. The summed E-state index contributed by atoms with van der Waals surface area (Å²) in [7, 11) is 0. The summed E-state index contributed by atoms with van der Waals surface area (Å²) >= 11 is 0. The standard InChI is InChI=1S/C19H22N2O/c1-15(11-12-17-8-4-3-5-9-17)14-19(22)21-16(2)18-10-6-7-13-20-18/h3-10,13-14,16H,11-12H2,1-2H3,(H,21,22)/b15-14-/t16-/m1/s1. The summed E-state index contributed by atoms with van der Waals surface area (Å²) in [5.74, 6) is -0.0660. The van der Waals surface area contributed by atoms with Crippen LogP contribution < -0.4 is 5.32 Å². The van der Waals surface area contributed by atoms with Crippen LogP contribution in [0.15, 0.2) is 66.4 Å². The number of rotatable bonds is 6. The number of nitrogens with one attached hydrogen (secondary N) is 1. The van der Waals surface area contributed by atoms with Crippen LogP contribution in [-0.4, -0.2) is 10.9 Å². The number of hydrogen-bond acceptors (Lipinski definition) is 2. The molecule has 0 saturated carbocycles. The Morgan fingerprint density at radius 3 is 2.59 bits per heavy atom. The minimum atomic E-state index is -0.0909. The van der Waals surface area contributed by atoms with Crippen LogP contribution >= 0.6 is 0 Å². The van der Waals surface area contributed by atoms with Crippen molar-refractivity contribution in [1.29, 1.82) is 0 Å². The van der Waals surface area contributed by atoms with Gasteiger partial charge in [-0.25, -0.2) is 0 Å². The number of aryl methyl sites for hydroxylation is 1. The van der Waals surface area contributed by atoms with Crippen LogP contribution in [0.25, 0.3) is 0 Å². The summed E-state index contributed by atoms with van der Waals surface area (Å²) in [6, 6.07) is 15.9. The Bertz CT molecular complexity index is 620. The second-order valence-electron chi connectivity index (χ2n) is 5.46. The molecule has 0 saturated heterocycles. The Balaban J connectivity index is 1.84. The van der Waals surface area contributed by atoms with Gasteiger partial charge in [-0.15, -0.1) is 0 Å². The van der Waals surface area contributed by atoms with E-state index < -0.39 is 0 Å². The zero-order chi connectivity index (χ0) is 15.8. The molecule has 2 rings (SSSR count). The van der Waals surface area contributed by atoms with Crippen LogP contribution in [0.5, 0.6) is 0 Å². The minimum absolute atomic E-state index is 0.0660. The number of nitrogens with zero attached hydrogens (tertiary/aromatic N) is 1. The molecule has 114 valence electrons. The Kier molecular flexibility index (Phi) is 5.90. The van der Waals surface area contributed by atoms with Gasteiger partial charge in [0.05, 0.1) is 11.7 Å². The minimum Gasteiger partial charge on any atom is -0.344 e. The number of hydrogen-bond donors (Lipinski definition) is 1. The molecule has 1 N–H and O–H groups in total. The summed E-state index contributed by atoms with van der Waals surface area (Å²) in [5, 5.41) is 2.95. The summed E-state index contributed by atoms with van der Waals surface area (Å²) in [6.07, 6.45) is 5.25. The van der Waals surface area contributed by atoms with Crippen molar-refractivity contribution >= 4 is 5.91 Å². The van der Waals surface area contributed by atoms with Gasteiger partial charge in [0, 0.05) is 12.3 Å². The molecule has 1 heterocycles. The smallest absolute Gasteiger partial charge is 0.244 e. The lowest BCUT2D eigenvalue weighted by molar-refractivity contribution is -0.117. The highest BCUT2D eigenvalue weighted by Gasteiger charge is 2.08. The predicted molar refractivity (Wildman–Crippen MR) is 89.3 cm³/mol. The van der Waals surface area contributed by atoms with Gasteiger partial charge in [-0.2, -0.15) is 0 Å². The van der Waals surface area contributed by atoms with Crippen LogP contribution in [-0.2, 0) is 11.2 Å². The number of carbonyl (C=O) groups excluding carboxylic acids is 1. The maximum absolute atomic E-state index is 12.0. The number of benzene rings is 1. The van der Waals surface area contributed by atoms with E-state index in [4.69, 9.17) is 0 Å².